The average Bonchev–Trinajstić information content (AvgIpc) is 2.42. The molecule has 1 aromatic rings. The zero-order chi connectivity index (χ0) is 13.4. The smallest absolute Gasteiger partial charge is 0.241 e. The normalized spacial score (nSPS) is 12.2. The van der Waals surface area contributed by atoms with Gasteiger partial charge >= 0.3 is 0 Å². The van der Waals surface area contributed by atoms with Crippen molar-refractivity contribution < 1.29 is 9.53 Å². The number of hydrazine groups is 1. The Bertz CT molecular complexity index is 363. The van der Waals surface area contributed by atoms with Crippen LogP contribution in [0.4, 0.5) is 0 Å². The van der Waals surface area contributed by atoms with Crippen LogP contribution >= 0.6 is 0 Å². The maximum atomic E-state index is 11.4. The van der Waals surface area contributed by atoms with E-state index in [1.807, 2.05) is 31.2 Å². The van der Waals surface area contributed by atoms with Crippen molar-refractivity contribution in [2.75, 3.05) is 6.61 Å². The first-order valence-electron chi connectivity index (χ1n) is 6.36. The van der Waals surface area contributed by atoms with Crippen LogP contribution in [0.2, 0.25) is 0 Å². The molecule has 0 radical (unpaired) electrons. The van der Waals surface area contributed by atoms with Gasteiger partial charge in [-0.15, -0.1) is 0 Å². The lowest BCUT2D eigenvalue weighted by Crippen LogP contribution is -2.33. The Hall–Kier alpha value is -1.39. The van der Waals surface area contributed by atoms with Crippen LogP contribution in [0, 0.1) is 0 Å². The zero-order valence-corrected chi connectivity index (χ0v) is 11.1. The summed E-state index contributed by atoms with van der Waals surface area (Å²) in [5, 5.41) is 0. The molecular formula is C14H22N2O2. The first-order valence-corrected chi connectivity index (χ1v) is 6.36. The van der Waals surface area contributed by atoms with Crippen molar-refractivity contribution >= 4 is 5.91 Å². The molecule has 0 fully saturated rings. The van der Waals surface area contributed by atoms with Gasteiger partial charge in [0.05, 0.1) is 12.5 Å². The summed E-state index contributed by atoms with van der Waals surface area (Å²) in [6.45, 7) is 5.39. The van der Waals surface area contributed by atoms with E-state index >= 15 is 0 Å². The molecule has 1 atom stereocenters. The number of nitrogens with one attached hydrogen (secondary N) is 1. The molecule has 18 heavy (non-hydrogen) atoms. The summed E-state index contributed by atoms with van der Waals surface area (Å²) in [5.41, 5.74) is 4.24. The summed E-state index contributed by atoms with van der Waals surface area (Å²) >= 11 is 0. The summed E-state index contributed by atoms with van der Waals surface area (Å²) in [6.07, 6.45) is 2.23. The topological polar surface area (TPSA) is 64.3 Å². The molecular weight excluding hydrogens is 228 g/mol. The highest BCUT2D eigenvalue weighted by Gasteiger charge is 2.13. The Morgan fingerprint density at radius 1 is 1.39 bits per heavy atom. The van der Waals surface area contributed by atoms with Crippen molar-refractivity contribution in [2.24, 2.45) is 5.84 Å². The van der Waals surface area contributed by atoms with Crippen LogP contribution in [-0.4, -0.2) is 12.5 Å². The second-order valence-corrected chi connectivity index (χ2v) is 4.38. The van der Waals surface area contributed by atoms with Crippen LogP contribution in [0.5, 0.6) is 0 Å². The van der Waals surface area contributed by atoms with Crippen LogP contribution in [0.15, 0.2) is 24.3 Å². The Kier molecular flexibility index (Phi) is 6.39. The fourth-order valence-electron chi connectivity index (χ4n) is 1.62. The van der Waals surface area contributed by atoms with Crippen molar-refractivity contribution in [1.29, 1.82) is 0 Å². The van der Waals surface area contributed by atoms with Crippen molar-refractivity contribution in [3.8, 4) is 0 Å². The number of hydrogen-bond acceptors (Lipinski definition) is 3. The number of nitrogens with two attached hydrogens (primary N) is 1. The summed E-state index contributed by atoms with van der Waals surface area (Å²) in [6, 6.07) is 7.86. The molecule has 0 heterocycles. The predicted octanol–water partition coefficient (Wildman–Crippen LogP) is 2.10. The Morgan fingerprint density at radius 3 is 2.61 bits per heavy atom. The summed E-state index contributed by atoms with van der Waals surface area (Å²) in [4.78, 5) is 11.4. The van der Waals surface area contributed by atoms with Gasteiger partial charge in [0.1, 0.15) is 0 Å². The van der Waals surface area contributed by atoms with E-state index in [-0.39, 0.29) is 11.8 Å². The predicted molar refractivity (Wildman–Crippen MR) is 71.8 cm³/mol. The highest BCUT2D eigenvalue weighted by atomic mass is 16.5. The molecule has 0 spiro atoms. The van der Waals surface area contributed by atoms with Gasteiger partial charge in [-0.05, 0) is 24.5 Å². The average molecular weight is 250 g/mol. The minimum atomic E-state index is -0.231. The molecule has 0 aliphatic rings. The number of carbonyl (C=O) groups is 1. The molecule has 1 rings (SSSR count). The van der Waals surface area contributed by atoms with Crippen LogP contribution < -0.4 is 11.3 Å². The van der Waals surface area contributed by atoms with Crippen molar-refractivity contribution in [3.05, 3.63) is 35.4 Å². The van der Waals surface area contributed by atoms with Gasteiger partial charge in [-0.1, -0.05) is 37.6 Å². The quantitative estimate of drug-likeness (QED) is 0.337. The van der Waals surface area contributed by atoms with Gasteiger partial charge in [0.15, 0.2) is 0 Å². The van der Waals surface area contributed by atoms with E-state index < -0.39 is 0 Å². The minimum Gasteiger partial charge on any atom is -0.377 e. The second-order valence-electron chi connectivity index (χ2n) is 4.38. The highest BCUT2D eigenvalue weighted by molar-refractivity contribution is 5.82. The lowest BCUT2D eigenvalue weighted by Gasteiger charge is -2.11. The summed E-state index contributed by atoms with van der Waals surface area (Å²) in [7, 11) is 0. The number of carbonyl (C=O) groups excluding carboxylic acids is 1. The number of amides is 1. The van der Waals surface area contributed by atoms with Gasteiger partial charge in [-0.2, -0.15) is 0 Å². The van der Waals surface area contributed by atoms with E-state index in [2.05, 4.69) is 12.3 Å². The zero-order valence-electron chi connectivity index (χ0n) is 11.1. The van der Waals surface area contributed by atoms with E-state index in [1.54, 1.807) is 0 Å². The lowest BCUT2D eigenvalue weighted by molar-refractivity contribution is -0.122. The molecule has 100 valence electrons. The van der Waals surface area contributed by atoms with E-state index in [0.29, 0.717) is 6.61 Å². The number of ether oxygens (including phenoxy) is 1. The van der Waals surface area contributed by atoms with Gasteiger partial charge in [0.25, 0.3) is 0 Å². The molecule has 0 aliphatic heterocycles. The summed E-state index contributed by atoms with van der Waals surface area (Å²) < 4.78 is 5.53. The van der Waals surface area contributed by atoms with Crippen LogP contribution in [0.3, 0.4) is 0 Å². The molecule has 3 N–H and O–H groups in total. The van der Waals surface area contributed by atoms with E-state index in [4.69, 9.17) is 10.6 Å². The molecule has 1 aromatic carbocycles. The van der Waals surface area contributed by atoms with E-state index in [9.17, 15) is 4.79 Å². The van der Waals surface area contributed by atoms with Gasteiger partial charge < -0.3 is 4.74 Å². The van der Waals surface area contributed by atoms with E-state index in [1.165, 1.54) is 0 Å². The van der Waals surface area contributed by atoms with Gasteiger partial charge in [0, 0.05) is 6.61 Å². The molecule has 1 amide bonds. The number of unbranched alkanes of at least 4 members (excludes halogenated alkanes) is 1. The molecule has 0 bridgehead atoms. The minimum absolute atomic E-state index is 0.179. The van der Waals surface area contributed by atoms with Gasteiger partial charge in [-0.25, -0.2) is 5.84 Å². The van der Waals surface area contributed by atoms with Gasteiger partial charge in [-0.3, -0.25) is 10.2 Å². The standard InChI is InChI=1S/C14H22N2O2/c1-3-4-9-18-10-12-5-7-13(8-6-12)11(2)14(17)16-15/h5-8,11H,3-4,9-10,15H2,1-2H3,(H,16,17). The number of rotatable bonds is 7. The second kappa shape index (κ2) is 7.84. The number of hydrogen-bond donors (Lipinski definition) is 2. The molecule has 0 aromatic heterocycles. The van der Waals surface area contributed by atoms with Crippen LogP contribution in [-0.2, 0) is 16.1 Å². The third-order valence-corrected chi connectivity index (χ3v) is 2.93. The van der Waals surface area contributed by atoms with E-state index in [0.717, 1.165) is 30.6 Å². The Morgan fingerprint density at radius 2 is 2.06 bits per heavy atom. The fraction of sp³-hybridized carbons (Fsp3) is 0.500. The molecule has 0 saturated carbocycles. The summed E-state index contributed by atoms with van der Waals surface area (Å²) in [5.74, 6) is 4.70. The maximum Gasteiger partial charge on any atom is 0.241 e. The third-order valence-electron chi connectivity index (χ3n) is 2.93. The lowest BCUT2D eigenvalue weighted by atomic mass is 9.99. The molecule has 0 saturated heterocycles. The Balaban J connectivity index is 2.49. The first-order chi connectivity index (χ1) is 8.69. The van der Waals surface area contributed by atoms with Crippen molar-refractivity contribution in [2.45, 2.75) is 39.2 Å². The third kappa shape index (κ3) is 4.47. The van der Waals surface area contributed by atoms with Crippen LogP contribution in [0.25, 0.3) is 0 Å². The molecule has 0 aliphatic carbocycles. The van der Waals surface area contributed by atoms with Gasteiger partial charge in [0.2, 0.25) is 5.91 Å². The Labute approximate surface area is 108 Å². The van der Waals surface area contributed by atoms with Crippen molar-refractivity contribution in [3.63, 3.8) is 0 Å². The van der Waals surface area contributed by atoms with Crippen molar-refractivity contribution in [1.82, 2.24) is 5.43 Å². The maximum absolute atomic E-state index is 11.4. The molecule has 1 unspecified atom stereocenters. The largest absolute Gasteiger partial charge is 0.377 e. The number of benzene rings is 1. The molecule has 4 nitrogen and oxygen atoms in total. The van der Waals surface area contributed by atoms with Crippen LogP contribution in [0.1, 0.15) is 43.7 Å². The highest BCUT2D eigenvalue weighted by Crippen LogP contribution is 2.16. The SMILES string of the molecule is CCCCOCc1ccc(C(C)C(=O)NN)cc1. The monoisotopic (exact) mass is 250 g/mol. The molecule has 4 heteroatoms. The first kappa shape index (κ1) is 14.7. The fourth-order valence-corrected chi connectivity index (χ4v) is 1.62.